The summed E-state index contributed by atoms with van der Waals surface area (Å²) in [6.07, 6.45) is 2.91. The van der Waals surface area contributed by atoms with E-state index >= 15 is 0 Å². The van der Waals surface area contributed by atoms with Gasteiger partial charge < -0.3 is 24.0 Å². The lowest BCUT2D eigenvalue weighted by atomic mass is 10.3. The Hall–Kier alpha value is 1.16. The molecule has 0 spiro atoms. The second kappa shape index (κ2) is 8.16. The molecule has 0 aromatic rings. The standard InChI is InChI=1S/C6H15P.HI/c1-4-7-5-6(2)3;/h6-7H,4-5H2,1-3H3;1H. The van der Waals surface area contributed by atoms with Crippen molar-refractivity contribution in [3.63, 3.8) is 0 Å². The lowest BCUT2D eigenvalue weighted by molar-refractivity contribution is -0.00000175. The van der Waals surface area contributed by atoms with E-state index in [0.29, 0.717) is 0 Å². The first-order valence-electron chi connectivity index (χ1n) is 3.09. The molecule has 2 heteroatoms. The molecule has 0 heterocycles. The van der Waals surface area contributed by atoms with E-state index in [-0.39, 0.29) is 24.0 Å². The van der Waals surface area contributed by atoms with Gasteiger partial charge >= 0.3 is 0 Å². The van der Waals surface area contributed by atoms with E-state index in [2.05, 4.69) is 20.8 Å². The Morgan fingerprint density at radius 3 is 2.00 bits per heavy atom. The van der Waals surface area contributed by atoms with Crippen LogP contribution in [0.15, 0.2) is 0 Å². The molecule has 1 atom stereocenters. The van der Waals surface area contributed by atoms with Crippen LogP contribution in [0.25, 0.3) is 0 Å². The summed E-state index contributed by atoms with van der Waals surface area (Å²) in [5.41, 5.74) is 0. The SMILES string of the molecule is CC[PH2+]CC(C)C.[I-]. The van der Waals surface area contributed by atoms with Crippen molar-refractivity contribution >= 4 is 8.58 Å². The summed E-state index contributed by atoms with van der Waals surface area (Å²) in [5, 5.41) is 0. The number of halogens is 1. The fraction of sp³-hybridized carbons (Fsp3) is 1.00. The first-order valence-corrected chi connectivity index (χ1v) is 4.72. The average Bonchev–Trinajstić information content (AvgIpc) is 1.61. The molecule has 0 aromatic carbocycles. The van der Waals surface area contributed by atoms with Crippen LogP contribution in [0.3, 0.4) is 0 Å². The zero-order chi connectivity index (χ0) is 5.70. The maximum Gasteiger partial charge on any atom is 0.0572 e. The van der Waals surface area contributed by atoms with Crippen LogP contribution in [-0.4, -0.2) is 12.3 Å². The Morgan fingerprint density at radius 1 is 1.38 bits per heavy atom. The monoisotopic (exact) mass is 246 g/mol. The predicted octanol–water partition coefficient (Wildman–Crippen LogP) is -0.923. The molecule has 0 saturated carbocycles. The van der Waals surface area contributed by atoms with E-state index in [1.165, 1.54) is 12.3 Å². The normalized spacial score (nSPS) is 10.5. The number of hydrogen-bond donors (Lipinski definition) is 0. The molecule has 0 nitrogen and oxygen atoms in total. The van der Waals surface area contributed by atoms with Crippen LogP contribution >= 0.6 is 8.58 Å². The van der Waals surface area contributed by atoms with Crippen molar-refractivity contribution in [2.24, 2.45) is 5.92 Å². The highest BCUT2D eigenvalue weighted by Gasteiger charge is 1.94. The molecule has 0 radical (unpaired) electrons. The van der Waals surface area contributed by atoms with Crippen LogP contribution in [-0.2, 0) is 0 Å². The van der Waals surface area contributed by atoms with E-state index in [1.807, 2.05) is 0 Å². The van der Waals surface area contributed by atoms with Gasteiger partial charge in [0.05, 0.1) is 12.3 Å². The molecule has 1 unspecified atom stereocenters. The maximum absolute atomic E-state index is 2.29. The van der Waals surface area contributed by atoms with Crippen LogP contribution in [0, 0.1) is 5.92 Å². The minimum absolute atomic E-state index is 0. The van der Waals surface area contributed by atoms with Gasteiger partial charge in [0.2, 0.25) is 0 Å². The van der Waals surface area contributed by atoms with Gasteiger partial charge in [-0.2, -0.15) is 0 Å². The Morgan fingerprint density at radius 2 is 1.88 bits per heavy atom. The second-order valence-electron chi connectivity index (χ2n) is 2.33. The van der Waals surface area contributed by atoms with E-state index < -0.39 is 0 Å². The maximum atomic E-state index is 2.29. The molecule has 0 bridgehead atoms. The second-order valence-corrected chi connectivity index (χ2v) is 4.19. The van der Waals surface area contributed by atoms with Gasteiger partial charge in [-0.15, -0.1) is 0 Å². The lowest BCUT2D eigenvalue weighted by Gasteiger charge is -1.93. The quantitative estimate of drug-likeness (QED) is 0.446. The molecule has 0 aliphatic carbocycles. The Labute approximate surface area is 71.6 Å². The molecule has 0 aliphatic heterocycles. The minimum atomic E-state index is 0. The number of hydrogen-bond acceptors (Lipinski definition) is 0. The van der Waals surface area contributed by atoms with Gasteiger partial charge in [0.1, 0.15) is 0 Å². The van der Waals surface area contributed by atoms with Gasteiger partial charge in [-0.3, -0.25) is 0 Å². The largest absolute Gasteiger partial charge is 1.00 e. The summed E-state index contributed by atoms with van der Waals surface area (Å²) >= 11 is 0. The highest BCUT2D eigenvalue weighted by atomic mass is 127. The molecule has 0 aromatic heterocycles. The molecule has 0 rings (SSSR count). The zero-order valence-electron chi connectivity index (χ0n) is 5.95. The summed E-state index contributed by atoms with van der Waals surface area (Å²) in [4.78, 5) is 0. The Balaban J connectivity index is 0. The molecule has 0 saturated heterocycles. The Kier molecular flexibility index (Phi) is 12.1. The van der Waals surface area contributed by atoms with Crippen molar-refractivity contribution in [1.29, 1.82) is 0 Å². The van der Waals surface area contributed by atoms with Crippen molar-refractivity contribution in [3.8, 4) is 0 Å². The van der Waals surface area contributed by atoms with Gasteiger partial charge in [0.15, 0.2) is 0 Å². The smallest absolute Gasteiger partial charge is 0.0572 e. The summed E-state index contributed by atoms with van der Waals surface area (Å²) in [6, 6.07) is 0. The van der Waals surface area contributed by atoms with Crippen LogP contribution in [0.4, 0.5) is 0 Å². The van der Waals surface area contributed by atoms with E-state index in [1.54, 1.807) is 0 Å². The van der Waals surface area contributed by atoms with Crippen molar-refractivity contribution in [1.82, 2.24) is 0 Å². The molecule has 8 heavy (non-hydrogen) atoms. The Bertz CT molecular complexity index is 37.5. The fourth-order valence-electron chi connectivity index (χ4n) is 0.500. The summed E-state index contributed by atoms with van der Waals surface area (Å²) in [5.74, 6) is 0.940. The zero-order valence-corrected chi connectivity index (χ0v) is 9.26. The van der Waals surface area contributed by atoms with Crippen LogP contribution < -0.4 is 24.0 Å². The number of rotatable bonds is 3. The molecule has 0 aliphatic rings. The van der Waals surface area contributed by atoms with Crippen LogP contribution in [0.1, 0.15) is 20.8 Å². The topological polar surface area (TPSA) is 0 Å². The van der Waals surface area contributed by atoms with Gasteiger partial charge in [0.25, 0.3) is 0 Å². The summed E-state index contributed by atoms with van der Waals surface area (Å²) in [7, 11) is 0.785. The fourth-order valence-corrected chi connectivity index (χ4v) is 1.50. The summed E-state index contributed by atoms with van der Waals surface area (Å²) < 4.78 is 0. The van der Waals surface area contributed by atoms with Crippen molar-refractivity contribution < 1.29 is 24.0 Å². The highest BCUT2D eigenvalue weighted by Crippen LogP contribution is 2.12. The summed E-state index contributed by atoms with van der Waals surface area (Å²) in [6.45, 7) is 6.86. The van der Waals surface area contributed by atoms with Gasteiger partial charge in [0, 0.05) is 0 Å². The van der Waals surface area contributed by atoms with Crippen molar-refractivity contribution in [3.05, 3.63) is 0 Å². The third-order valence-corrected chi connectivity index (χ3v) is 2.78. The molecular weight excluding hydrogens is 230 g/mol. The molecule has 0 amide bonds. The van der Waals surface area contributed by atoms with E-state index in [9.17, 15) is 0 Å². The van der Waals surface area contributed by atoms with E-state index in [0.717, 1.165) is 14.5 Å². The molecule has 52 valence electrons. The van der Waals surface area contributed by atoms with Gasteiger partial charge in [-0.25, -0.2) is 0 Å². The average molecular weight is 246 g/mol. The predicted molar refractivity (Wildman–Crippen MR) is 40.0 cm³/mol. The lowest BCUT2D eigenvalue weighted by Crippen LogP contribution is -3.00. The first kappa shape index (κ1) is 11.9. The molecule has 0 N–H and O–H groups in total. The van der Waals surface area contributed by atoms with E-state index in [4.69, 9.17) is 0 Å². The third-order valence-electron chi connectivity index (χ3n) is 0.927. The third kappa shape index (κ3) is 10.2. The van der Waals surface area contributed by atoms with Crippen molar-refractivity contribution in [2.45, 2.75) is 20.8 Å². The minimum Gasteiger partial charge on any atom is -1.00 e. The van der Waals surface area contributed by atoms with Crippen LogP contribution in [0.5, 0.6) is 0 Å². The molecule has 0 fully saturated rings. The van der Waals surface area contributed by atoms with Crippen LogP contribution in [0.2, 0.25) is 0 Å². The van der Waals surface area contributed by atoms with Gasteiger partial charge in [-0.05, 0) is 21.4 Å². The van der Waals surface area contributed by atoms with Gasteiger partial charge in [-0.1, -0.05) is 13.8 Å². The highest BCUT2D eigenvalue weighted by molar-refractivity contribution is 7.37. The van der Waals surface area contributed by atoms with Crippen molar-refractivity contribution in [2.75, 3.05) is 12.3 Å². The molecular formula is C6H16IP. The first-order chi connectivity index (χ1) is 3.27.